The first-order chi connectivity index (χ1) is 9.33. The smallest absolute Gasteiger partial charge is 0.151 e. The minimum absolute atomic E-state index is 0.236. The molecule has 0 radical (unpaired) electrons. The Morgan fingerprint density at radius 3 is 2.84 bits per heavy atom. The molecule has 19 heavy (non-hydrogen) atoms. The highest BCUT2D eigenvalue weighted by molar-refractivity contribution is 8.00. The molecule has 1 aromatic heterocycles. The maximum absolute atomic E-state index is 12.1. The molecule has 1 aromatic rings. The van der Waals surface area contributed by atoms with Gasteiger partial charge in [-0.2, -0.15) is 16.9 Å². The van der Waals surface area contributed by atoms with Crippen molar-refractivity contribution in [2.45, 2.75) is 62.7 Å². The quantitative estimate of drug-likeness (QED) is 0.846. The Bertz CT molecular complexity index is 431. The molecule has 0 N–H and O–H groups in total. The third-order valence-electron chi connectivity index (χ3n) is 4.26. The van der Waals surface area contributed by atoms with Gasteiger partial charge in [0.15, 0.2) is 5.78 Å². The average Bonchev–Trinajstić information content (AvgIpc) is 3.11. The Kier molecular flexibility index (Phi) is 4.26. The van der Waals surface area contributed by atoms with Crippen LogP contribution in [-0.4, -0.2) is 26.6 Å². The molecular weight excluding hydrogens is 256 g/mol. The standard InChI is InChI=1S/C15H22N2OS/c18-14(15-7-4-10-19-15)11-12-8-9-17(16-12)13-5-2-1-3-6-13/h8-9,13,15H,1-7,10-11H2. The van der Waals surface area contributed by atoms with Gasteiger partial charge in [-0.05, 0) is 37.5 Å². The van der Waals surface area contributed by atoms with Gasteiger partial charge in [0, 0.05) is 6.20 Å². The van der Waals surface area contributed by atoms with Gasteiger partial charge in [0.2, 0.25) is 0 Å². The van der Waals surface area contributed by atoms with Crippen molar-refractivity contribution in [1.29, 1.82) is 0 Å². The first kappa shape index (κ1) is 13.2. The topological polar surface area (TPSA) is 34.9 Å². The van der Waals surface area contributed by atoms with Gasteiger partial charge in [0.25, 0.3) is 0 Å². The molecule has 2 fully saturated rings. The monoisotopic (exact) mass is 278 g/mol. The van der Waals surface area contributed by atoms with Crippen LogP contribution in [0.2, 0.25) is 0 Å². The molecule has 104 valence electrons. The lowest BCUT2D eigenvalue weighted by atomic mass is 9.96. The maximum Gasteiger partial charge on any atom is 0.151 e. The van der Waals surface area contributed by atoms with Crippen molar-refractivity contribution in [3.63, 3.8) is 0 Å². The summed E-state index contributed by atoms with van der Waals surface area (Å²) in [5, 5.41) is 4.87. The minimum Gasteiger partial charge on any atom is -0.298 e. The van der Waals surface area contributed by atoms with E-state index in [0.29, 0.717) is 18.2 Å². The lowest BCUT2D eigenvalue weighted by molar-refractivity contribution is -0.118. The van der Waals surface area contributed by atoms with Crippen molar-refractivity contribution < 1.29 is 4.79 Å². The first-order valence-electron chi connectivity index (χ1n) is 7.51. The number of rotatable bonds is 4. The highest BCUT2D eigenvalue weighted by Crippen LogP contribution is 2.29. The summed E-state index contributed by atoms with van der Waals surface area (Å²) >= 11 is 1.82. The predicted molar refractivity (Wildman–Crippen MR) is 78.5 cm³/mol. The molecule has 2 heterocycles. The summed E-state index contributed by atoms with van der Waals surface area (Å²) in [4.78, 5) is 12.1. The van der Waals surface area contributed by atoms with E-state index in [1.54, 1.807) is 0 Å². The van der Waals surface area contributed by atoms with Crippen LogP contribution in [0, 0.1) is 0 Å². The number of hydrogen-bond acceptors (Lipinski definition) is 3. The highest BCUT2D eigenvalue weighted by Gasteiger charge is 2.24. The number of thioether (sulfide) groups is 1. The number of carbonyl (C=O) groups is 1. The lowest BCUT2D eigenvalue weighted by Gasteiger charge is -2.21. The zero-order valence-corrected chi connectivity index (χ0v) is 12.2. The van der Waals surface area contributed by atoms with Crippen LogP contribution in [0.3, 0.4) is 0 Å². The number of hydrogen-bond donors (Lipinski definition) is 0. The van der Waals surface area contributed by atoms with Crippen molar-refractivity contribution in [2.75, 3.05) is 5.75 Å². The van der Waals surface area contributed by atoms with Gasteiger partial charge in [-0.3, -0.25) is 9.48 Å². The van der Waals surface area contributed by atoms with E-state index >= 15 is 0 Å². The predicted octanol–water partition coefficient (Wildman–Crippen LogP) is 3.40. The van der Waals surface area contributed by atoms with Crippen molar-refractivity contribution in [2.24, 2.45) is 0 Å². The molecule has 4 heteroatoms. The van der Waals surface area contributed by atoms with Crippen molar-refractivity contribution in [3.8, 4) is 0 Å². The highest BCUT2D eigenvalue weighted by atomic mass is 32.2. The van der Waals surface area contributed by atoms with Crippen LogP contribution in [0.4, 0.5) is 0 Å². The van der Waals surface area contributed by atoms with E-state index < -0.39 is 0 Å². The minimum atomic E-state index is 0.236. The second-order valence-electron chi connectivity index (χ2n) is 5.72. The number of ketones is 1. The number of carbonyl (C=O) groups excluding carboxylic acids is 1. The van der Waals surface area contributed by atoms with Gasteiger partial charge in [-0.15, -0.1) is 0 Å². The molecular formula is C15H22N2OS. The molecule has 0 amide bonds. The van der Waals surface area contributed by atoms with Crippen LogP contribution in [0.15, 0.2) is 12.3 Å². The Morgan fingerprint density at radius 2 is 2.11 bits per heavy atom. The van der Waals surface area contributed by atoms with Crippen LogP contribution in [0.5, 0.6) is 0 Å². The van der Waals surface area contributed by atoms with E-state index in [1.165, 1.54) is 38.5 Å². The molecule has 1 aliphatic carbocycles. The van der Waals surface area contributed by atoms with Gasteiger partial charge in [0.05, 0.1) is 23.4 Å². The molecule has 1 atom stereocenters. The van der Waals surface area contributed by atoms with E-state index in [0.717, 1.165) is 17.9 Å². The fourth-order valence-electron chi connectivity index (χ4n) is 3.14. The van der Waals surface area contributed by atoms with E-state index in [1.807, 2.05) is 17.8 Å². The molecule has 2 aliphatic rings. The summed E-state index contributed by atoms with van der Waals surface area (Å²) in [5.74, 6) is 1.52. The van der Waals surface area contributed by atoms with Gasteiger partial charge in [-0.1, -0.05) is 19.3 Å². The summed E-state index contributed by atoms with van der Waals surface area (Å²) in [5.41, 5.74) is 0.961. The third kappa shape index (κ3) is 3.22. The van der Waals surface area contributed by atoms with Gasteiger partial charge in [-0.25, -0.2) is 0 Å². The second kappa shape index (κ2) is 6.12. The summed E-state index contributed by atoms with van der Waals surface area (Å²) in [7, 11) is 0. The molecule has 0 aromatic carbocycles. The van der Waals surface area contributed by atoms with Crippen LogP contribution < -0.4 is 0 Å². The van der Waals surface area contributed by atoms with Gasteiger partial charge in [0.1, 0.15) is 0 Å². The fourth-order valence-corrected chi connectivity index (χ4v) is 4.36. The molecule has 0 bridgehead atoms. The Balaban J connectivity index is 1.59. The Hall–Kier alpha value is -0.770. The molecule has 1 saturated heterocycles. The van der Waals surface area contributed by atoms with Crippen LogP contribution in [0.25, 0.3) is 0 Å². The lowest BCUT2D eigenvalue weighted by Crippen LogP contribution is -2.17. The van der Waals surface area contributed by atoms with Gasteiger partial charge < -0.3 is 0 Å². The van der Waals surface area contributed by atoms with Crippen LogP contribution in [0.1, 0.15) is 56.7 Å². The molecule has 3 nitrogen and oxygen atoms in total. The van der Waals surface area contributed by atoms with E-state index in [2.05, 4.69) is 16.0 Å². The SMILES string of the molecule is O=C(Cc1ccn(C2CCCCC2)n1)C1CCCS1. The zero-order chi connectivity index (χ0) is 13.1. The second-order valence-corrected chi connectivity index (χ2v) is 7.03. The Labute approximate surface area is 119 Å². The third-order valence-corrected chi connectivity index (χ3v) is 5.68. The normalized spacial score (nSPS) is 24.7. The fraction of sp³-hybridized carbons (Fsp3) is 0.733. The number of Topliss-reactive ketones (excluding diaryl/α,β-unsaturated/α-hetero) is 1. The summed E-state index contributed by atoms with van der Waals surface area (Å²) in [6.07, 6.45) is 11.3. The average molecular weight is 278 g/mol. The van der Waals surface area contributed by atoms with E-state index in [-0.39, 0.29) is 5.25 Å². The van der Waals surface area contributed by atoms with E-state index in [9.17, 15) is 4.79 Å². The molecule has 3 rings (SSSR count). The van der Waals surface area contributed by atoms with Crippen molar-refractivity contribution in [1.82, 2.24) is 9.78 Å². The van der Waals surface area contributed by atoms with Crippen LogP contribution >= 0.6 is 11.8 Å². The molecule has 1 saturated carbocycles. The summed E-state index contributed by atoms with van der Waals surface area (Å²) in [6, 6.07) is 2.60. The zero-order valence-electron chi connectivity index (χ0n) is 11.4. The molecule has 1 aliphatic heterocycles. The summed E-state index contributed by atoms with van der Waals surface area (Å²) in [6.45, 7) is 0. The van der Waals surface area contributed by atoms with Crippen LogP contribution in [-0.2, 0) is 11.2 Å². The Morgan fingerprint density at radius 1 is 1.26 bits per heavy atom. The largest absolute Gasteiger partial charge is 0.298 e. The summed E-state index contributed by atoms with van der Waals surface area (Å²) < 4.78 is 2.10. The van der Waals surface area contributed by atoms with E-state index in [4.69, 9.17) is 0 Å². The van der Waals surface area contributed by atoms with Crippen molar-refractivity contribution >= 4 is 17.5 Å². The first-order valence-corrected chi connectivity index (χ1v) is 8.56. The molecule has 0 spiro atoms. The van der Waals surface area contributed by atoms with Gasteiger partial charge >= 0.3 is 0 Å². The molecule has 1 unspecified atom stereocenters. The number of nitrogens with zero attached hydrogens (tertiary/aromatic N) is 2. The number of aromatic nitrogens is 2. The maximum atomic E-state index is 12.1. The van der Waals surface area contributed by atoms with Crippen molar-refractivity contribution in [3.05, 3.63) is 18.0 Å².